The second-order valence-electron chi connectivity index (χ2n) is 13.5. The highest BCUT2D eigenvalue weighted by Crippen LogP contribution is 2.14. The van der Waals surface area contributed by atoms with E-state index in [0.29, 0.717) is 19.4 Å². The van der Waals surface area contributed by atoms with Crippen LogP contribution in [-0.4, -0.2) is 37.9 Å². The second kappa shape index (κ2) is 39.6. The van der Waals surface area contributed by atoms with Crippen LogP contribution in [0, 0.1) is 0 Å². The van der Waals surface area contributed by atoms with Gasteiger partial charge in [-0.3, -0.25) is 9.59 Å². The van der Waals surface area contributed by atoms with Crippen LogP contribution in [-0.2, 0) is 23.8 Å². The molecule has 0 aromatic heterocycles. The van der Waals surface area contributed by atoms with Crippen molar-refractivity contribution in [2.75, 3.05) is 19.8 Å². The van der Waals surface area contributed by atoms with E-state index < -0.39 is 6.10 Å². The third kappa shape index (κ3) is 36.9. The van der Waals surface area contributed by atoms with Gasteiger partial charge in [0.2, 0.25) is 0 Å². The molecule has 0 N–H and O–H groups in total. The van der Waals surface area contributed by atoms with Crippen molar-refractivity contribution in [3.05, 3.63) is 36.5 Å². The molecule has 5 nitrogen and oxygen atoms in total. The van der Waals surface area contributed by atoms with E-state index in [2.05, 4.69) is 57.2 Å². The molecule has 0 aliphatic rings. The molecule has 0 rings (SSSR count). The summed E-state index contributed by atoms with van der Waals surface area (Å²) in [7, 11) is 0. The van der Waals surface area contributed by atoms with Gasteiger partial charge >= 0.3 is 11.9 Å². The van der Waals surface area contributed by atoms with Gasteiger partial charge in [0.1, 0.15) is 6.61 Å². The molecular formula is C43H78O5. The normalized spacial score (nSPS) is 12.5. The van der Waals surface area contributed by atoms with Crippen LogP contribution < -0.4 is 0 Å². The van der Waals surface area contributed by atoms with E-state index in [1.165, 1.54) is 96.3 Å². The molecule has 0 heterocycles. The molecule has 48 heavy (non-hydrogen) atoms. The lowest BCUT2D eigenvalue weighted by molar-refractivity contribution is -0.163. The lowest BCUT2D eigenvalue weighted by Gasteiger charge is -2.18. The molecule has 0 aliphatic carbocycles. The summed E-state index contributed by atoms with van der Waals surface area (Å²) in [5.41, 5.74) is 0. The molecule has 1 atom stereocenters. The zero-order chi connectivity index (χ0) is 35.0. The minimum Gasteiger partial charge on any atom is -0.462 e. The predicted molar refractivity (Wildman–Crippen MR) is 205 cm³/mol. The summed E-state index contributed by atoms with van der Waals surface area (Å²) in [6.07, 6.45) is 44.3. The predicted octanol–water partition coefficient (Wildman–Crippen LogP) is 13.1. The number of ether oxygens (including phenoxy) is 3. The number of hydrogen-bond donors (Lipinski definition) is 0. The zero-order valence-electron chi connectivity index (χ0n) is 32.0. The van der Waals surface area contributed by atoms with Crippen LogP contribution in [0.15, 0.2) is 36.5 Å². The van der Waals surface area contributed by atoms with Gasteiger partial charge in [-0.05, 0) is 51.4 Å². The highest BCUT2D eigenvalue weighted by atomic mass is 16.6. The number of esters is 2. The van der Waals surface area contributed by atoms with Gasteiger partial charge in [0.25, 0.3) is 0 Å². The first-order valence-electron chi connectivity index (χ1n) is 20.5. The van der Waals surface area contributed by atoms with Crippen LogP contribution in [0.4, 0.5) is 0 Å². The number of rotatable bonds is 37. The molecule has 0 amide bonds. The number of hydrogen-bond acceptors (Lipinski definition) is 5. The molecule has 280 valence electrons. The van der Waals surface area contributed by atoms with E-state index in [9.17, 15) is 9.59 Å². The lowest BCUT2D eigenvalue weighted by Crippen LogP contribution is -2.30. The topological polar surface area (TPSA) is 61.8 Å². The number of allylic oxidation sites excluding steroid dienone is 6. The van der Waals surface area contributed by atoms with Gasteiger partial charge in [0.15, 0.2) is 6.10 Å². The minimum atomic E-state index is -0.537. The molecule has 0 bridgehead atoms. The Balaban J connectivity index is 4.19. The maximum Gasteiger partial charge on any atom is 0.306 e. The van der Waals surface area contributed by atoms with E-state index in [1.54, 1.807) is 0 Å². The highest BCUT2D eigenvalue weighted by molar-refractivity contribution is 5.70. The molecule has 0 spiro atoms. The number of carbonyl (C=O) groups excluding carboxylic acids is 2. The van der Waals surface area contributed by atoms with Crippen LogP contribution >= 0.6 is 0 Å². The van der Waals surface area contributed by atoms with E-state index >= 15 is 0 Å². The van der Waals surface area contributed by atoms with Gasteiger partial charge in [-0.2, -0.15) is 0 Å². The van der Waals surface area contributed by atoms with E-state index in [0.717, 1.165) is 70.6 Å². The summed E-state index contributed by atoms with van der Waals surface area (Å²) in [5, 5.41) is 0. The van der Waals surface area contributed by atoms with Gasteiger partial charge in [-0.1, -0.05) is 173 Å². The molecule has 0 aromatic rings. The van der Waals surface area contributed by atoms with Crippen molar-refractivity contribution in [1.82, 2.24) is 0 Å². The second-order valence-corrected chi connectivity index (χ2v) is 13.5. The van der Waals surface area contributed by atoms with Crippen LogP contribution in [0.1, 0.15) is 201 Å². The first kappa shape index (κ1) is 46.1. The summed E-state index contributed by atoms with van der Waals surface area (Å²) in [4.78, 5) is 25.0. The van der Waals surface area contributed by atoms with Gasteiger partial charge in [-0.15, -0.1) is 0 Å². The zero-order valence-corrected chi connectivity index (χ0v) is 32.0. The third-order valence-electron chi connectivity index (χ3n) is 8.69. The fourth-order valence-corrected chi connectivity index (χ4v) is 5.64. The molecule has 1 unspecified atom stereocenters. The first-order chi connectivity index (χ1) is 23.6. The monoisotopic (exact) mass is 675 g/mol. The SMILES string of the molecule is CC/C=C\C/C=C\C/C=C\CCCCCC(=O)OCC(COCCCCCCCC)OC(=O)CCCCCCCCCCCCCCC. The summed E-state index contributed by atoms with van der Waals surface area (Å²) in [6, 6.07) is 0. The molecule has 0 fully saturated rings. The maximum atomic E-state index is 12.6. The minimum absolute atomic E-state index is 0.0736. The van der Waals surface area contributed by atoms with E-state index in [4.69, 9.17) is 14.2 Å². The fraction of sp³-hybridized carbons (Fsp3) is 0.814. The van der Waals surface area contributed by atoms with Crippen LogP contribution in [0.3, 0.4) is 0 Å². The van der Waals surface area contributed by atoms with Crippen LogP contribution in [0.2, 0.25) is 0 Å². The van der Waals surface area contributed by atoms with Crippen molar-refractivity contribution >= 4 is 11.9 Å². The number of unbranched alkanes of at least 4 members (excludes halogenated alkanes) is 20. The summed E-state index contributed by atoms with van der Waals surface area (Å²) < 4.78 is 17.1. The quantitative estimate of drug-likeness (QED) is 0.0373. The average Bonchev–Trinajstić information content (AvgIpc) is 3.08. The van der Waals surface area contributed by atoms with Crippen molar-refractivity contribution in [1.29, 1.82) is 0 Å². The Kier molecular flexibility index (Phi) is 38.0. The summed E-state index contributed by atoms with van der Waals surface area (Å²) in [6.45, 7) is 7.65. The Morgan fingerprint density at radius 2 is 0.938 bits per heavy atom. The molecule has 0 aliphatic heterocycles. The average molecular weight is 675 g/mol. The molecule has 0 saturated carbocycles. The van der Waals surface area contributed by atoms with Gasteiger partial charge in [0.05, 0.1) is 6.61 Å². The Morgan fingerprint density at radius 3 is 1.50 bits per heavy atom. The standard InChI is InChI=1S/C43H78O5/c1-4-7-10-13-16-18-20-22-24-26-28-30-33-36-42(44)47-40-41(39-46-38-35-32-15-12-9-6-3)48-43(45)37-34-31-29-27-25-23-21-19-17-14-11-8-5-2/h7,10,16,18,22,24,41H,4-6,8-9,11-15,17,19-21,23,25-40H2,1-3H3/b10-7-,18-16-,24-22-. The summed E-state index contributed by atoms with van der Waals surface area (Å²) in [5.74, 6) is -0.430. The van der Waals surface area contributed by atoms with Crippen molar-refractivity contribution in [3.8, 4) is 0 Å². The maximum absolute atomic E-state index is 12.6. The summed E-state index contributed by atoms with van der Waals surface area (Å²) >= 11 is 0. The lowest BCUT2D eigenvalue weighted by atomic mass is 10.0. The van der Waals surface area contributed by atoms with Gasteiger partial charge in [-0.25, -0.2) is 0 Å². The van der Waals surface area contributed by atoms with E-state index in [1.807, 2.05) is 0 Å². The Labute approximate surface area is 298 Å². The third-order valence-corrected chi connectivity index (χ3v) is 8.69. The largest absolute Gasteiger partial charge is 0.462 e. The highest BCUT2D eigenvalue weighted by Gasteiger charge is 2.17. The molecule has 0 aromatic carbocycles. The van der Waals surface area contributed by atoms with E-state index in [-0.39, 0.29) is 25.2 Å². The first-order valence-corrected chi connectivity index (χ1v) is 20.5. The number of carbonyl (C=O) groups is 2. The van der Waals surface area contributed by atoms with Crippen LogP contribution in [0.5, 0.6) is 0 Å². The molecular weight excluding hydrogens is 596 g/mol. The smallest absolute Gasteiger partial charge is 0.306 e. The molecule has 5 heteroatoms. The molecule has 0 radical (unpaired) electrons. The molecule has 0 saturated heterocycles. The Hall–Kier alpha value is -1.88. The van der Waals surface area contributed by atoms with Gasteiger partial charge in [0, 0.05) is 19.4 Å². The van der Waals surface area contributed by atoms with Crippen LogP contribution in [0.25, 0.3) is 0 Å². The van der Waals surface area contributed by atoms with Gasteiger partial charge < -0.3 is 14.2 Å². The van der Waals surface area contributed by atoms with Crippen molar-refractivity contribution < 1.29 is 23.8 Å². The Morgan fingerprint density at radius 1 is 0.479 bits per heavy atom. The van der Waals surface area contributed by atoms with Crippen molar-refractivity contribution in [2.45, 2.75) is 207 Å². The Bertz CT molecular complexity index is 771. The fourth-order valence-electron chi connectivity index (χ4n) is 5.64. The van der Waals surface area contributed by atoms with Crippen molar-refractivity contribution in [3.63, 3.8) is 0 Å². The van der Waals surface area contributed by atoms with Crippen molar-refractivity contribution in [2.24, 2.45) is 0 Å².